The van der Waals surface area contributed by atoms with E-state index in [-0.39, 0.29) is 0 Å². The van der Waals surface area contributed by atoms with Crippen molar-refractivity contribution < 1.29 is 0 Å². The lowest BCUT2D eigenvalue weighted by molar-refractivity contribution is 0.434. The smallest absolute Gasteiger partial charge is 0.0371 e. The van der Waals surface area contributed by atoms with Crippen LogP contribution in [0.15, 0.2) is 18.2 Å². The topological polar surface area (TPSA) is 15.3 Å². The van der Waals surface area contributed by atoms with E-state index in [4.69, 9.17) is 0 Å². The first-order chi connectivity index (χ1) is 10.3. The summed E-state index contributed by atoms with van der Waals surface area (Å²) < 4.78 is 0. The van der Waals surface area contributed by atoms with E-state index in [0.717, 1.165) is 18.6 Å². The fraction of sp³-hybridized carbons (Fsp3) is 0.684. The van der Waals surface area contributed by atoms with Gasteiger partial charge in [0.25, 0.3) is 0 Å². The van der Waals surface area contributed by atoms with Crippen LogP contribution >= 0.6 is 0 Å². The van der Waals surface area contributed by atoms with E-state index in [2.05, 4.69) is 42.3 Å². The zero-order valence-electron chi connectivity index (χ0n) is 13.7. The third-order valence-corrected chi connectivity index (χ3v) is 5.07. The normalized spacial score (nSPS) is 22.6. The molecule has 1 heterocycles. The molecule has 21 heavy (non-hydrogen) atoms. The Kier molecular flexibility index (Phi) is 4.84. The van der Waals surface area contributed by atoms with Crippen LogP contribution in [0, 0.1) is 6.92 Å². The van der Waals surface area contributed by atoms with E-state index >= 15 is 0 Å². The first kappa shape index (κ1) is 14.9. The van der Waals surface area contributed by atoms with Gasteiger partial charge in [-0.25, -0.2) is 0 Å². The molecule has 2 fully saturated rings. The van der Waals surface area contributed by atoms with Crippen LogP contribution < -0.4 is 10.2 Å². The van der Waals surface area contributed by atoms with Gasteiger partial charge in [-0.3, -0.25) is 0 Å². The number of hydrogen-bond donors (Lipinski definition) is 1. The highest BCUT2D eigenvalue weighted by Crippen LogP contribution is 2.29. The summed E-state index contributed by atoms with van der Waals surface area (Å²) in [6, 6.07) is 8.67. The molecule has 1 unspecified atom stereocenters. The van der Waals surface area contributed by atoms with Crippen LogP contribution in [0.2, 0.25) is 0 Å². The highest BCUT2D eigenvalue weighted by molar-refractivity contribution is 5.52. The maximum atomic E-state index is 3.63. The third kappa shape index (κ3) is 3.79. The average Bonchev–Trinajstić information content (AvgIpc) is 3.31. The van der Waals surface area contributed by atoms with Gasteiger partial charge in [0.1, 0.15) is 0 Å². The molecule has 0 bridgehead atoms. The molecular weight excluding hydrogens is 256 g/mol. The lowest BCUT2D eigenvalue weighted by Gasteiger charge is -2.38. The van der Waals surface area contributed by atoms with Gasteiger partial charge in [-0.15, -0.1) is 0 Å². The second-order valence-electron chi connectivity index (χ2n) is 6.90. The van der Waals surface area contributed by atoms with Crippen molar-refractivity contribution in [2.75, 3.05) is 11.4 Å². The van der Waals surface area contributed by atoms with Gasteiger partial charge >= 0.3 is 0 Å². The molecule has 0 spiro atoms. The van der Waals surface area contributed by atoms with E-state index < -0.39 is 0 Å². The van der Waals surface area contributed by atoms with Gasteiger partial charge in [0.15, 0.2) is 0 Å². The highest BCUT2D eigenvalue weighted by atomic mass is 15.2. The summed E-state index contributed by atoms with van der Waals surface area (Å²) in [6.45, 7) is 6.86. The molecule has 0 amide bonds. The van der Waals surface area contributed by atoms with Crippen LogP contribution in [-0.4, -0.2) is 18.6 Å². The van der Waals surface area contributed by atoms with Crippen molar-refractivity contribution in [3.05, 3.63) is 29.3 Å². The molecule has 1 aromatic carbocycles. The van der Waals surface area contributed by atoms with E-state index in [0.29, 0.717) is 0 Å². The molecule has 0 radical (unpaired) electrons. The summed E-state index contributed by atoms with van der Waals surface area (Å²) in [5.41, 5.74) is 4.36. The molecule has 2 aliphatic rings. The van der Waals surface area contributed by atoms with Gasteiger partial charge in [0, 0.05) is 30.9 Å². The summed E-state index contributed by atoms with van der Waals surface area (Å²) in [6.07, 6.45) is 9.49. The second kappa shape index (κ2) is 6.83. The van der Waals surface area contributed by atoms with Crippen molar-refractivity contribution in [1.29, 1.82) is 0 Å². The zero-order chi connectivity index (χ0) is 14.7. The molecule has 2 heteroatoms. The Labute approximate surface area is 129 Å². The van der Waals surface area contributed by atoms with Gasteiger partial charge < -0.3 is 10.2 Å². The fourth-order valence-corrected chi connectivity index (χ4v) is 3.57. The Balaban J connectivity index is 1.69. The minimum Gasteiger partial charge on any atom is -0.369 e. The number of benzene rings is 1. The SMILES string of the molecule is CCCC1CCCCN1c1ccc(CNC2CC2)c(C)c1. The van der Waals surface area contributed by atoms with Gasteiger partial charge in [-0.2, -0.15) is 0 Å². The number of hydrogen-bond acceptors (Lipinski definition) is 2. The molecule has 1 saturated carbocycles. The number of anilines is 1. The molecule has 0 aromatic heterocycles. The largest absolute Gasteiger partial charge is 0.369 e. The summed E-state index contributed by atoms with van der Waals surface area (Å²) in [7, 11) is 0. The molecule has 1 aliphatic heterocycles. The third-order valence-electron chi connectivity index (χ3n) is 5.07. The fourth-order valence-electron chi connectivity index (χ4n) is 3.57. The minimum absolute atomic E-state index is 0.763. The summed E-state index contributed by atoms with van der Waals surface area (Å²) in [5, 5.41) is 3.63. The maximum Gasteiger partial charge on any atom is 0.0371 e. The molecular formula is C19H30N2. The molecule has 1 N–H and O–H groups in total. The molecule has 1 aliphatic carbocycles. The van der Waals surface area contributed by atoms with Crippen LogP contribution in [0.3, 0.4) is 0 Å². The van der Waals surface area contributed by atoms with Crippen molar-refractivity contribution >= 4 is 5.69 Å². The average molecular weight is 286 g/mol. The molecule has 1 saturated heterocycles. The van der Waals surface area contributed by atoms with Crippen LogP contribution in [0.25, 0.3) is 0 Å². The Morgan fingerprint density at radius 3 is 2.76 bits per heavy atom. The molecule has 2 nitrogen and oxygen atoms in total. The number of rotatable bonds is 6. The van der Waals surface area contributed by atoms with Gasteiger partial charge in [0.2, 0.25) is 0 Å². The van der Waals surface area contributed by atoms with Crippen molar-refractivity contribution in [1.82, 2.24) is 5.32 Å². The highest BCUT2D eigenvalue weighted by Gasteiger charge is 2.23. The van der Waals surface area contributed by atoms with Crippen molar-refractivity contribution in [3.63, 3.8) is 0 Å². The number of nitrogens with one attached hydrogen (secondary N) is 1. The van der Waals surface area contributed by atoms with Crippen molar-refractivity contribution in [3.8, 4) is 0 Å². The van der Waals surface area contributed by atoms with Gasteiger partial charge in [-0.1, -0.05) is 19.4 Å². The van der Waals surface area contributed by atoms with Crippen molar-refractivity contribution in [2.45, 2.75) is 77.4 Å². The van der Waals surface area contributed by atoms with E-state index in [1.54, 1.807) is 0 Å². The Bertz CT molecular complexity index is 463. The lowest BCUT2D eigenvalue weighted by Crippen LogP contribution is -2.39. The molecule has 1 atom stereocenters. The van der Waals surface area contributed by atoms with Crippen molar-refractivity contribution in [2.24, 2.45) is 0 Å². The molecule has 1 aromatic rings. The first-order valence-electron chi connectivity index (χ1n) is 8.87. The number of piperidine rings is 1. The quantitative estimate of drug-likeness (QED) is 0.833. The zero-order valence-corrected chi connectivity index (χ0v) is 13.7. The number of nitrogens with zero attached hydrogens (tertiary/aromatic N) is 1. The first-order valence-corrected chi connectivity index (χ1v) is 8.87. The van der Waals surface area contributed by atoms with Crippen LogP contribution in [0.5, 0.6) is 0 Å². The van der Waals surface area contributed by atoms with Crippen LogP contribution in [0.1, 0.15) is 63.0 Å². The molecule has 116 valence electrons. The summed E-state index contributed by atoms with van der Waals surface area (Å²) in [4.78, 5) is 2.66. The Hall–Kier alpha value is -1.02. The molecule has 3 rings (SSSR count). The van der Waals surface area contributed by atoms with E-state index in [1.165, 1.54) is 68.3 Å². The Morgan fingerprint density at radius 2 is 2.05 bits per heavy atom. The van der Waals surface area contributed by atoms with E-state index in [9.17, 15) is 0 Å². The number of aryl methyl sites for hydroxylation is 1. The van der Waals surface area contributed by atoms with Crippen LogP contribution in [-0.2, 0) is 6.54 Å². The second-order valence-corrected chi connectivity index (χ2v) is 6.90. The summed E-state index contributed by atoms with van der Waals surface area (Å²) >= 11 is 0. The monoisotopic (exact) mass is 286 g/mol. The van der Waals surface area contributed by atoms with E-state index in [1.807, 2.05) is 0 Å². The predicted molar refractivity (Wildman–Crippen MR) is 90.9 cm³/mol. The Morgan fingerprint density at radius 1 is 1.19 bits per heavy atom. The minimum atomic E-state index is 0.763. The summed E-state index contributed by atoms with van der Waals surface area (Å²) in [5.74, 6) is 0. The van der Waals surface area contributed by atoms with Gasteiger partial charge in [-0.05, 0) is 68.7 Å². The lowest BCUT2D eigenvalue weighted by atomic mass is 9.96. The maximum absolute atomic E-state index is 3.63. The predicted octanol–water partition coefficient (Wildman–Crippen LogP) is 4.41. The van der Waals surface area contributed by atoms with Gasteiger partial charge in [0.05, 0.1) is 0 Å². The standard InChI is InChI=1S/C19H30N2/c1-3-6-18-7-4-5-12-21(18)19-11-8-16(15(2)13-19)14-20-17-9-10-17/h8,11,13,17-18,20H,3-7,9-10,12,14H2,1-2H3. The van der Waals surface area contributed by atoms with Crippen LogP contribution in [0.4, 0.5) is 5.69 Å².